The van der Waals surface area contributed by atoms with E-state index >= 15 is 0 Å². The average Bonchev–Trinajstić information content (AvgIpc) is 3.06. The third-order valence-corrected chi connectivity index (χ3v) is 5.34. The number of nitrogens with one attached hydrogen (secondary N) is 1. The second-order valence-corrected chi connectivity index (χ2v) is 7.42. The van der Waals surface area contributed by atoms with Crippen molar-refractivity contribution in [3.63, 3.8) is 0 Å². The van der Waals surface area contributed by atoms with Crippen LogP contribution in [0.3, 0.4) is 0 Å². The Morgan fingerprint density at radius 1 is 1.19 bits per heavy atom. The molecule has 0 radical (unpaired) electrons. The normalized spacial score (nSPS) is 15.5. The number of aromatic nitrogens is 3. The molecule has 0 unspecified atom stereocenters. The standard InChI is InChI=1S/C18H19N5O2S/c1-12-19-13(11-26-12)10-22-6-8-23(9-7-22)18(25)16-17(24)21-15-5-3-2-4-14(15)20-16/h2-5,11H,6-10H2,1H3,(H,21,24). The smallest absolute Gasteiger partial charge is 0.280 e. The van der Waals surface area contributed by atoms with Gasteiger partial charge in [0.25, 0.3) is 11.5 Å². The number of para-hydroxylation sites is 2. The van der Waals surface area contributed by atoms with Crippen molar-refractivity contribution in [3.8, 4) is 0 Å². The van der Waals surface area contributed by atoms with Crippen LogP contribution in [0, 0.1) is 6.92 Å². The summed E-state index contributed by atoms with van der Waals surface area (Å²) in [7, 11) is 0. The van der Waals surface area contributed by atoms with Crippen LogP contribution < -0.4 is 5.56 Å². The summed E-state index contributed by atoms with van der Waals surface area (Å²) in [6, 6.07) is 7.22. The first kappa shape index (κ1) is 16.9. The van der Waals surface area contributed by atoms with Gasteiger partial charge in [0.1, 0.15) is 0 Å². The first-order chi connectivity index (χ1) is 12.6. The molecule has 0 bridgehead atoms. The Hall–Kier alpha value is -2.58. The third-order valence-electron chi connectivity index (χ3n) is 4.51. The minimum atomic E-state index is -0.436. The van der Waals surface area contributed by atoms with E-state index in [0.29, 0.717) is 24.1 Å². The van der Waals surface area contributed by atoms with Gasteiger partial charge < -0.3 is 9.88 Å². The molecular formula is C18H19N5O2S. The lowest BCUT2D eigenvalue weighted by atomic mass is 10.2. The summed E-state index contributed by atoms with van der Waals surface area (Å²) in [5, 5.41) is 3.14. The van der Waals surface area contributed by atoms with Crippen LogP contribution in [0.5, 0.6) is 0 Å². The summed E-state index contributed by atoms with van der Waals surface area (Å²) in [5.74, 6) is -0.304. The number of aryl methyl sites for hydroxylation is 1. The van der Waals surface area contributed by atoms with Crippen LogP contribution in [0.1, 0.15) is 21.2 Å². The molecule has 1 saturated heterocycles. The minimum Gasteiger partial charge on any atom is -0.335 e. The van der Waals surface area contributed by atoms with Crippen molar-refractivity contribution < 1.29 is 4.79 Å². The van der Waals surface area contributed by atoms with Gasteiger partial charge in [-0.2, -0.15) is 0 Å². The quantitative estimate of drug-likeness (QED) is 0.759. The topological polar surface area (TPSA) is 82.2 Å². The van der Waals surface area contributed by atoms with Crippen LogP contribution in [0.2, 0.25) is 0 Å². The monoisotopic (exact) mass is 369 g/mol. The number of piperazine rings is 1. The van der Waals surface area contributed by atoms with Gasteiger partial charge in [-0.1, -0.05) is 12.1 Å². The number of hydrogen-bond acceptors (Lipinski definition) is 6. The summed E-state index contributed by atoms with van der Waals surface area (Å²) in [4.78, 5) is 40.5. The highest BCUT2D eigenvalue weighted by Crippen LogP contribution is 2.13. The lowest BCUT2D eigenvalue weighted by Gasteiger charge is -2.34. The molecule has 1 fully saturated rings. The number of benzene rings is 1. The molecule has 0 spiro atoms. The Morgan fingerprint density at radius 2 is 1.96 bits per heavy atom. The van der Waals surface area contributed by atoms with Crippen LogP contribution in [-0.2, 0) is 6.54 Å². The number of amides is 1. The molecule has 8 heteroatoms. The lowest BCUT2D eigenvalue weighted by Crippen LogP contribution is -2.49. The summed E-state index contributed by atoms with van der Waals surface area (Å²) in [6.45, 7) is 5.47. The van der Waals surface area contributed by atoms with E-state index in [1.165, 1.54) is 0 Å². The second kappa shape index (κ2) is 6.97. The van der Waals surface area contributed by atoms with Gasteiger partial charge in [0.2, 0.25) is 0 Å². The van der Waals surface area contributed by atoms with E-state index in [0.717, 1.165) is 30.3 Å². The third kappa shape index (κ3) is 3.38. The number of aromatic amines is 1. The molecule has 1 aliphatic heterocycles. The van der Waals surface area contributed by atoms with E-state index in [-0.39, 0.29) is 11.6 Å². The predicted octanol–water partition coefficient (Wildman–Crippen LogP) is 1.65. The van der Waals surface area contributed by atoms with Crippen LogP contribution in [0.15, 0.2) is 34.4 Å². The van der Waals surface area contributed by atoms with Gasteiger partial charge in [-0.25, -0.2) is 9.97 Å². The molecule has 0 atom stereocenters. The number of rotatable bonds is 3. The number of carbonyl (C=O) groups excluding carboxylic acids is 1. The van der Waals surface area contributed by atoms with Crippen molar-refractivity contribution in [2.75, 3.05) is 26.2 Å². The molecule has 0 aliphatic carbocycles. The predicted molar refractivity (Wildman–Crippen MR) is 100 cm³/mol. The average molecular weight is 369 g/mol. The zero-order valence-electron chi connectivity index (χ0n) is 14.4. The summed E-state index contributed by atoms with van der Waals surface area (Å²) in [6.07, 6.45) is 0. The maximum absolute atomic E-state index is 12.7. The maximum Gasteiger partial charge on any atom is 0.280 e. The Bertz CT molecular complexity index is 1000. The van der Waals surface area contributed by atoms with Gasteiger partial charge in [-0.05, 0) is 19.1 Å². The molecule has 26 heavy (non-hydrogen) atoms. The number of hydrogen-bond donors (Lipinski definition) is 1. The number of fused-ring (bicyclic) bond motifs is 1. The first-order valence-electron chi connectivity index (χ1n) is 8.52. The second-order valence-electron chi connectivity index (χ2n) is 6.36. The zero-order valence-corrected chi connectivity index (χ0v) is 15.3. The SMILES string of the molecule is Cc1nc(CN2CCN(C(=O)c3nc4ccccc4[nH]c3=O)CC2)cs1. The Labute approximate surface area is 154 Å². The van der Waals surface area contributed by atoms with Crippen LogP contribution in [0.4, 0.5) is 0 Å². The van der Waals surface area contributed by atoms with Crippen molar-refractivity contribution in [2.45, 2.75) is 13.5 Å². The molecule has 4 rings (SSSR count). The van der Waals surface area contributed by atoms with Crippen LogP contribution in [0.25, 0.3) is 11.0 Å². The molecule has 3 aromatic rings. The van der Waals surface area contributed by atoms with Gasteiger partial charge in [0, 0.05) is 38.1 Å². The summed E-state index contributed by atoms with van der Waals surface area (Å²) in [5.41, 5.74) is 1.85. The summed E-state index contributed by atoms with van der Waals surface area (Å²) >= 11 is 1.65. The molecule has 1 amide bonds. The van der Waals surface area contributed by atoms with E-state index in [9.17, 15) is 9.59 Å². The van der Waals surface area contributed by atoms with E-state index in [1.807, 2.05) is 19.1 Å². The van der Waals surface area contributed by atoms with Crippen molar-refractivity contribution in [1.29, 1.82) is 0 Å². The molecule has 134 valence electrons. The minimum absolute atomic E-state index is 0.0349. The van der Waals surface area contributed by atoms with Gasteiger partial charge >= 0.3 is 0 Å². The Kier molecular flexibility index (Phi) is 4.52. The van der Waals surface area contributed by atoms with E-state index in [4.69, 9.17) is 0 Å². The lowest BCUT2D eigenvalue weighted by molar-refractivity contribution is 0.0620. The van der Waals surface area contributed by atoms with E-state index < -0.39 is 5.56 Å². The van der Waals surface area contributed by atoms with Crippen molar-refractivity contribution in [3.05, 3.63) is 56.4 Å². The van der Waals surface area contributed by atoms with Gasteiger partial charge in [-0.3, -0.25) is 14.5 Å². The highest BCUT2D eigenvalue weighted by atomic mass is 32.1. The molecular weight excluding hydrogens is 350 g/mol. The van der Waals surface area contributed by atoms with Crippen LogP contribution in [-0.4, -0.2) is 56.8 Å². The van der Waals surface area contributed by atoms with Gasteiger partial charge in [0.15, 0.2) is 5.69 Å². The van der Waals surface area contributed by atoms with Crippen molar-refractivity contribution >= 4 is 28.3 Å². The molecule has 1 aromatic carbocycles. The molecule has 7 nitrogen and oxygen atoms in total. The molecule has 2 aromatic heterocycles. The van der Waals surface area contributed by atoms with Gasteiger partial charge in [0.05, 0.1) is 21.7 Å². The highest BCUT2D eigenvalue weighted by molar-refractivity contribution is 7.09. The fourth-order valence-electron chi connectivity index (χ4n) is 3.14. The fourth-order valence-corrected chi connectivity index (χ4v) is 3.75. The van der Waals surface area contributed by atoms with E-state index in [1.54, 1.807) is 28.4 Å². The van der Waals surface area contributed by atoms with Crippen molar-refractivity contribution in [2.24, 2.45) is 0 Å². The molecule has 0 saturated carbocycles. The highest BCUT2D eigenvalue weighted by Gasteiger charge is 2.25. The van der Waals surface area contributed by atoms with Gasteiger partial charge in [-0.15, -0.1) is 11.3 Å². The van der Waals surface area contributed by atoms with Crippen molar-refractivity contribution in [1.82, 2.24) is 24.8 Å². The number of H-pyrrole nitrogens is 1. The molecule has 1 N–H and O–H groups in total. The number of thiazole rings is 1. The zero-order chi connectivity index (χ0) is 18.1. The van der Waals surface area contributed by atoms with Crippen LogP contribution >= 0.6 is 11.3 Å². The largest absolute Gasteiger partial charge is 0.335 e. The summed E-state index contributed by atoms with van der Waals surface area (Å²) < 4.78 is 0. The number of carbonyl (C=O) groups is 1. The molecule has 1 aliphatic rings. The maximum atomic E-state index is 12.7. The number of nitrogens with zero attached hydrogens (tertiary/aromatic N) is 4. The van der Waals surface area contributed by atoms with E-state index in [2.05, 4.69) is 25.2 Å². The Morgan fingerprint density at radius 3 is 2.69 bits per heavy atom. The Balaban J connectivity index is 1.45. The molecule has 3 heterocycles. The first-order valence-corrected chi connectivity index (χ1v) is 9.40. The fraction of sp³-hybridized carbons (Fsp3) is 0.333.